The quantitative estimate of drug-likeness (QED) is 0.838. The summed E-state index contributed by atoms with van der Waals surface area (Å²) in [5.41, 5.74) is 5.25. The molecule has 21 heavy (non-hydrogen) atoms. The number of aromatic nitrogens is 1. The predicted octanol–water partition coefficient (Wildman–Crippen LogP) is 2.27. The van der Waals surface area contributed by atoms with Crippen LogP contribution in [0.4, 0.5) is 15.8 Å². The second-order valence-electron chi connectivity index (χ2n) is 4.00. The van der Waals surface area contributed by atoms with Gasteiger partial charge in [-0.3, -0.25) is 4.72 Å². The number of nitrogens with two attached hydrogens (primary N) is 1. The monoisotopic (exact) mass is 331 g/mol. The maximum absolute atomic E-state index is 13.2. The molecule has 0 amide bonds. The van der Waals surface area contributed by atoms with Gasteiger partial charge in [-0.05, 0) is 18.2 Å². The van der Waals surface area contributed by atoms with Crippen molar-refractivity contribution in [3.8, 4) is 5.88 Å². The van der Waals surface area contributed by atoms with Gasteiger partial charge in [-0.15, -0.1) is 0 Å². The van der Waals surface area contributed by atoms with Crippen LogP contribution in [0.15, 0.2) is 35.4 Å². The molecule has 1 aromatic heterocycles. The van der Waals surface area contributed by atoms with Crippen molar-refractivity contribution in [3.05, 3.63) is 41.3 Å². The maximum atomic E-state index is 13.2. The van der Waals surface area contributed by atoms with Crippen molar-refractivity contribution in [2.24, 2.45) is 0 Å². The third-order valence-electron chi connectivity index (χ3n) is 2.54. The maximum Gasteiger partial charge on any atom is 0.263 e. The van der Waals surface area contributed by atoms with Crippen LogP contribution in [0.5, 0.6) is 5.88 Å². The van der Waals surface area contributed by atoms with Crippen LogP contribution < -0.4 is 15.2 Å². The third-order valence-corrected chi connectivity index (χ3v) is 4.38. The molecular weight excluding hydrogens is 321 g/mol. The largest absolute Gasteiger partial charge is 0.481 e. The number of methoxy groups -OCH3 is 1. The molecule has 1 aromatic carbocycles. The molecule has 0 aliphatic rings. The molecule has 1 heterocycles. The fourth-order valence-corrected chi connectivity index (χ4v) is 3.12. The molecule has 3 N–H and O–H groups in total. The number of benzene rings is 1. The summed E-state index contributed by atoms with van der Waals surface area (Å²) in [6.45, 7) is 0. The normalized spacial score (nSPS) is 11.2. The fraction of sp³-hybridized carbons (Fsp3) is 0.0833. The summed E-state index contributed by atoms with van der Waals surface area (Å²) in [6, 6.07) is 4.75. The van der Waals surface area contributed by atoms with Crippen molar-refractivity contribution in [1.29, 1.82) is 0 Å². The topological polar surface area (TPSA) is 94.3 Å². The number of rotatable bonds is 4. The first-order chi connectivity index (χ1) is 9.83. The summed E-state index contributed by atoms with van der Waals surface area (Å²) in [4.78, 5) is 3.54. The van der Waals surface area contributed by atoms with Gasteiger partial charge in [-0.2, -0.15) is 0 Å². The first-order valence-electron chi connectivity index (χ1n) is 5.61. The number of nitrogen functional groups attached to an aromatic ring is 1. The summed E-state index contributed by atoms with van der Waals surface area (Å²) in [5.74, 6) is -0.452. The van der Waals surface area contributed by atoms with E-state index in [1.165, 1.54) is 25.4 Å². The number of nitrogens with zero attached hydrogens (tertiary/aromatic N) is 1. The van der Waals surface area contributed by atoms with E-state index in [1.807, 2.05) is 0 Å². The fourth-order valence-electron chi connectivity index (χ4n) is 1.52. The molecule has 0 aliphatic heterocycles. The zero-order valence-corrected chi connectivity index (χ0v) is 12.4. The van der Waals surface area contributed by atoms with Gasteiger partial charge in [0.1, 0.15) is 10.7 Å². The van der Waals surface area contributed by atoms with E-state index < -0.39 is 15.8 Å². The summed E-state index contributed by atoms with van der Waals surface area (Å²) in [7, 11) is -2.57. The van der Waals surface area contributed by atoms with Crippen LogP contribution in [0.1, 0.15) is 0 Å². The molecule has 0 saturated carbocycles. The Bertz CT molecular complexity index is 766. The highest BCUT2D eigenvalue weighted by atomic mass is 35.5. The summed E-state index contributed by atoms with van der Waals surface area (Å²) in [5, 5.41) is -0.268. The lowest BCUT2D eigenvalue weighted by Gasteiger charge is -2.10. The highest BCUT2D eigenvalue weighted by molar-refractivity contribution is 7.92. The van der Waals surface area contributed by atoms with Crippen LogP contribution in [0.2, 0.25) is 5.02 Å². The van der Waals surface area contributed by atoms with E-state index in [2.05, 4.69) is 9.71 Å². The zero-order chi connectivity index (χ0) is 15.6. The first-order valence-corrected chi connectivity index (χ1v) is 7.47. The van der Waals surface area contributed by atoms with Crippen molar-refractivity contribution >= 4 is 33.0 Å². The number of anilines is 2. The van der Waals surface area contributed by atoms with Crippen LogP contribution in [0.25, 0.3) is 0 Å². The minimum atomic E-state index is -4.01. The Kier molecular flexibility index (Phi) is 4.19. The van der Waals surface area contributed by atoms with Gasteiger partial charge >= 0.3 is 0 Å². The van der Waals surface area contributed by atoms with Gasteiger partial charge in [-0.25, -0.2) is 17.8 Å². The molecule has 0 spiro atoms. The first kappa shape index (κ1) is 15.3. The van der Waals surface area contributed by atoms with Crippen molar-refractivity contribution < 1.29 is 17.5 Å². The molecular formula is C12H11ClFN3O3S. The van der Waals surface area contributed by atoms with Gasteiger partial charge in [0, 0.05) is 6.07 Å². The van der Waals surface area contributed by atoms with E-state index >= 15 is 0 Å². The van der Waals surface area contributed by atoms with Crippen molar-refractivity contribution in [2.75, 3.05) is 17.6 Å². The van der Waals surface area contributed by atoms with Crippen molar-refractivity contribution in [2.45, 2.75) is 4.90 Å². The molecule has 2 rings (SSSR count). The number of hydrogen-bond donors (Lipinski definition) is 2. The Labute approximate surface area is 125 Å². The molecule has 6 nitrogen and oxygen atoms in total. The number of sulfonamides is 1. The molecule has 2 aromatic rings. The molecule has 0 radical (unpaired) electrons. The predicted molar refractivity (Wildman–Crippen MR) is 77.4 cm³/mol. The van der Waals surface area contributed by atoms with Crippen molar-refractivity contribution in [3.63, 3.8) is 0 Å². The number of hydrogen-bond acceptors (Lipinski definition) is 5. The van der Waals surface area contributed by atoms with Crippen LogP contribution in [-0.4, -0.2) is 20.5 Å². The Balaban J connectivity index is 2.35. The minimum Gasteiger partial charge on any atom is -0.481 e. The van der Waals surface area contributed by atoms with Crippen molar-refractivity contribution in [1.82, 2.24) is 4.98 Å². The van der Waals surface area contributed by atoms with Crippen LogP contribution in [0.3, 0.4) is 0 Å². The lowest BCUT2D eigenvalue weighted by Crippen LogP contribution is -2.14. The second-order valence-corrected chi connectivity index (χ2v) is 6.06. The lowest BCUT2D eigenvalue weighted by atomic mass is 10.3. The van der Waals surface area contributed by atoms with E-state index in [0.717, 1.165) is 12.1 Å². The Hall–Kier alpha value is -2.06. The molecule has 0 unspecified atom stereocenters. The highest BCUT2D eigenvalue weighted by Gasteiger charge is 2.20. The van der Waals surface area contributed by atoms with Gasteiger partial charge in [-0.1, -0.05) is 11.6 Å². The number of ether oxygens (including phenoxy) is 1. The van der Waals surface area contributed by atoms with E-state index in [1.54, 1.807) is 0 Å². The van der Waals surface area contributed by atoms with Gasteiger partial charge in [0.15, 0.2) is 0 Å². The van der Waals surface area contributed by atoms with Crippen LogP contribution >= 0.6 is 11.6 Å². The van der Waals surface area contributed by atoms with E-state index in [-0.39, 0.29) is 21.3 Å². The van der Waals surface area contributed by atoms with E-state index in [4.69, 9.17) is 22.1 Å². The van der Waals surface area contributed by atoms with Gasteiger partial charge in [0.2, 0.25) is 5.88 Å². The summed E-state index contributed by atoms with van der Waals surface area (Å²) in [6.07, 6.45) is 1.27. The van der Waals surface area contributed by atoms with Crippen LogP contribution in [0, 0.1) is 5.82 Å². The second kappa shape index (κ2) is 5.74. The Morgan fingerprint density at radius 1 is 1.38 bits per heavy atom. The number of nitrogens with one attached hydrogen (secondary N) is 1. The number of pyridine rings is 1. The Morgan fingerprint density at radius 3 is 2.67 bits per heavy atom. The van der Waals surface area contributed by atoms with E-state index in [0.29, 0.717) is 5.88 Å². The van der Waals surface area contributed by atoms with Gasteiger partial charge < -0.3 is 10.5 Å². The summed E-state index contributed by atoms with van der Waals surface area (Å²) < 4.78 is 44.8. The molecule has 0 saturated heterocycles. The number of halogens is 2. The lowest BCUT2D eigenvalue weighted by molar-refractivity contribution is 0.398. The summed E-state index contributed by atoms with van der Waals surface area (Å²) >= 11 is 5.75. The average Bonchev–Trinajstić information content (AvgIpc) is 2.43. The standard InChI is InChI=1S/C12H11ClFN3O3S/c1-20-12-3-2-7(6-16-12)17-21(18,19)11-5-10(15)9(14)4-8(11)13/h2-6,17H,15H2,1H3. The molecule has 0 aliphatic carbocycles. The molecule has 112 valence electrons. The zero-order valence-electron chi connectivity index (χ0n) is 10.8. The molecule has 0 fully saturated rings. The van der Waals surface area contributed by atoms with Gasteiger partial charge in [0.25, 0.3) is 10.0 Å². The molecule has 0 bridgehead atoms. The Morgan fingerprint density at radius 2 is 2.10 bits per heavy atom. The average molecular weight is 332 g/mol. The third kappa shape index (κ3) is 3.34. The minimum absolute atomic E-state index is 0.203. The van der Waals surface area contributed by atoms with E-state index in [9.17, 15) is 12.8 Å². The highest BCUT2D eigenvalue weighted by Crippen LogP contribution is 2.28. The SMILES string of the molecule is COc1ccc(NS(=O)(=O)c2cc(N)c(F)cc2Cl)cn1. The van der Waals surface area contributed by atoms with Crippen LogP contribution in [-0.2, 0) is 10.0 Å². The van der Waals surface area contributed by atoms with Gasteiger partial charge in [0.05, 0.1) is 29.7 Å². The molecule has 0 atom stereocenters. The smallest absolute Gasteiger partial charge is 0.263 e. The molecule has 9 heteroatoms.